The molecular formula is C17H34N2O. The van der Waals surface area contributed by atoms with Crippen LogP contribution >= 0.6 is 0 Å². The third-order valence-electron chi connectivity index (χ3n) is 5.19. The molecule has 3 nitrogen and oxygen atoms in total. The predicted octanol–water partition coefficient (Wildman–Crippen LogP) is 2.90. The molecule has 1 heterocycles. The van der Waals surface area contributed by atoms with Crippen LogP contribution < -0.4 is 5.32 Å². The van der Waals surface area contributed by atoms with E-state index in [2.05, 4.69) is 44.8 Å². The first-order valence-corrected chi connectivity index (χ1v) is 8.53. The summed E-state index contributed by atoms with van der Waals surface area (Å²) in [5.41, 5.74) is 0.297. The maximum absolute atomic E-state index is 5.83. The molecular weight excluding hydrogens is 248 g/mol. The summed E-state index contributed by atoms with van der Waals surface area (Å²) in [6.07, 6.45) is 4.25. The van der Waals surface area contributed by atoms with Gasteiger partial charge in [0.1, 0.15) is 0 Å². The van der Waals surface area contributed by atoms with Gasteiger partial charge in [-0.05, 0) is 45.2 Å². The van der Waals surface area contributed by atoms with Crippen molar-refractivity contribution < 1.29 is 4.74 Å². The first-order valence-electron chi connectivity index (χ1n) is 8.53. The molecule has 0 aromatic carbocycles. The van der Waals surface area contributed by atoms with E-state index < -0.39 is 0 Å². The Hall–Kier alpha value is -0.120. The van der Waals surface area contributed by atoms with Crippen LogP contribution in [0.5, 0.6) is 0 Å². The van der Waals surface area contributed by atoms with Crippen LogP contribution in [0.25, 0.3) is 0 Å². The number of likely N-dealkylation sites (tertiary alicyclic amines) is 1. The van der Waals surface area contributed by atoms with Crippen LogP contribution in [-0.2, 0) is 4.74 Å². The predicted molar refractivity (Wildman–Crippen MR) is 85.0 cm³/mol. The summed E-state index contributed by atoms with van der Waals surface area (Å²) >= 11 is 0. The summed E-state index contributed by atoms with van der Waals surface area (Å²) < 4.78 is 5.83. The molecule has 0 aromatic rings. The van der Waals surface area contributed by atoms with Crippen molar-refractivity contribution in [2.75, 3.05) is 26.2 Å². The van der Waals surface area contributed by atoms with Crippen LogP contribution in [0, 0.1) is 11.3 Å². The van der Waals surface area contributed by atoms with Gasteiger partial charge in [-0.2, -0.15) is 0 Å². The summed E-state index contributed by atoms with van der Waals surface area (Å²) in [6, 6.07) is 1.35. The lowest BCUT2D eigenvalue weighted by molar-refractivity contribution is -0.117. The highest BCUT2D eigenvalue weighted by Crippen LogP contribution is 2.43. The molecule has 0 spiro atoms. The van der Waals surface area contributed by atoms with Gasteiger partial charge in [0.2, 0.25) is 0 Å². The zero-order chi connectivity index (χ0) is 14.8. The standard InChI is InChI=1S/C17H34N2O/c1-6-20-16-11-15(17(16,4)5)18-14-7-9-19(10-8-14)12-13(2)3/h13-16,18H,6-12H2,1-5H3. The Morgan fingerprint density at radius 1 is 1.25 bits per heavy atom. The monoisotopic (exact) mass is 282 g/mol. The molecule has 2 rings (SSSR count). The summed E-state index contributed by atoms with van der Waals surface area (Å²) in [6.45, 7) is 16.1. The average molecular weight is 282 g/mol. The minimum Gasteiger partial charge on any atom is -0.378 e. The van der Waals surface area contributed by atoms with E-state index in [9.17, 15) is 0 Å². The van der Waals surface area contributed by atoms with Crippen molar-refractivity contribution in [2.45, 2.75) is 72.1 Å². The third-order valence-corrected chi connectivity index (χ3v) is 5.19. The fourth-order valence-corrected chi connectivity index (χ4v) is 3.74. The van der Waals surface area contributed by atoms with Crippen molar-refractivity contribution in [3.8, 4) is 0 Å². The molecule has 0 aromatic heterocycles. The summed E-state index contributed by atoms with van der Waals surface area (Å²) in [5.74, 6) is 0.789. The molecule has 118 valence electrons. The van der Waals surface area contributed by atoms with Crippen LogP contribution in [0.3, 0.4) is 0 Å². The van der Waals surface area contributed by atoms with E-state index in [1.807, 2.05) is 0 Å². The molecule has 2 aliphatic rings. The Bertz CT molecular complexity index is 295. The maximum atomic E-state index is 5.83. The van der Waals surface area contributed by atoms with Crippen molar-refractivity contribution >= 4 is 0 Å². The van der Waals surface area contributed by atoms with E-state index in [1.165, 1.54) is 38.9 Å². The van der Waals surface area contributed by atoms with Crippen LogP contribution in [0.2, 0.25) is 0 Å². The Morgan fingerprint density at radius 2 is 1.90 bits per heavy atom. The van der Waals surface area contributed by atoms with Gasteiger partial charge in [0, 0.05) is 30.7 Å². The molecule has 2 unspecified atom stereocenters. The Morgan fingerprint density at radius 3 is 2.40 bits per heavy atom. The summed E-state index contributed by atoms with van der Waals surface area (Å²) in [7, 11) is 0. The first-order chi connectivity index (χ1) is 9.43. The van der Waals surface area contributed by atoms with Crippen LogP contribution in [0.15, 0.2) is 0 Å². The second kappa shape index (κ2) is 6.76. The Kier molecular flexibility index (Phi) is 5.49. The zero-order valence-electron chi connectivity index (χ0n) is 14.1. The molecule has 2 fully saturated rings. The molecule has 1 saturated heterocycles. The van der Waals surface area contributed by atoms with E-state index in [0.717, 1.165) is 12.5 Å². The van der Waals surface area contributed by atoms with Gasteiger partial charge < -0.3 is 15.0 Å². The number of nitrogens with zero attached hydrogens (tertiary/aromatic N) is 1. The van der Waals surface area contributed by atoms with Gasteiger partial charge in [-0.1, -0.05) is 27.7 Å². The van der Waals surface area contributed by atoms with Gasteiger partial charge >= 0.3 is 0 Å². The second-order valence-corrected chi connectivity index (χ2v) is 7.69. The van der Waals surface area contributed by atoms with Crippen molar-refractivity contribution in [1.29, 1.82) is 0 Å². The van der Waals surface area contributed by atoms with Crippen LogP contribution in [-0.4, -0.2) is 49.3 Å². The highest BCUT2D eigenvalue weighted by molar-refractivity contribution is 5.04. The van der Waals surface area contributed by atoms with Gasteiger partial charge in [-0.25, -0.2) is 0 Å². The highest BCUT2D eigenvalue weighted by atomic mass is 16.5. The molecule has 1 aliphatic carbocycles. The fourth-order valence-electron chi connectivity index (χ4n) is 3.74. The molecule has 0 radical (unpaired) electrons. The van der Waals surface area contributed by atoms with Crippen LogP contribution in [0.1, 0.15) is 53.9 Å². The average Bonchev–Trinajstić information content (AvgIpc) is 2.39. The highest BCUT2D eigenvalue weighted by Gasteiger charge is 2.49. The zero-order valence-corrected chi connectivity index (χ0v) is 14.1. The number of nitrogens with one attached hydrogen (secondary N) is 1. The molecule has 1 aliphatic heterocycles. The van der Waals surface area contributed by atoms with Crippen molar-refractivity contribution in [3.63, 3.8) is 0 Å². The first kappa shape index (κ1) is 16.3. The molecule has 1 saturated carbocycles. The topological polar surface area (TPSA) is 24.5 Å². The van der Waals surface area contributed by atoms with Crippen molar-refractivity contribution in [1.82, 2.24) is 10.2 Å². The molecule has 0 amide bonds. The van der Waals surface area contributed by atoms with Gasteiger partial charge in [0.25, 0.3) is 0 Å². The van der Waals surface area contributed by atoms with Gasteiger partial charge in [-0.15, -0.1) is 0 Å². The lowest BCUT2D eigenvalue weighted by Gasteiger charge is -2.53. The molecule has 1 N–H and O–H groups in total. The van der Waals surface area contributed by atoms with Crippen LogP contribution in [0.4, 0.5) is 0 Å². The molecule has 2 atom stereocenters. The number of rotatable bonds is 6. The van der Waals surface area contributed by atoms with Gasteiger partial charge in [0.05, 0.1) is 6.10 Å². The normalized spacial score (nSPS) is 31.5. The molecule has 20 heavy (non-hydrogen) atoms. The van der Waals surface area contributed by atoms with Crippen molar-refractivity contribution in [3.05, 3.63) is 0 Å². The number of hydrogen-bond acceptors (Lipinski definition) is 3. The minimum absolute atomic E-state index is 0.297. The van der Waals surface area contributed by atoms with Gasteiger partial charge in [0.15, 0.2) is 0 Å². The van der Waals surface area contributed by atoms with E-state index in [-0.39, 0.29) is 0 Å². The summed E-state index contributed by atoms with van der Waals surface area (Å²) in [4.78, 5) is 2.62. The maximum Gasteiger partial charge on any atom is 0.0655 e. The lowest BCUT2D eigenvalue weighted by atomic mass is 9.64. The number of ether oxygens (including phenoxy) is 1. The SMILES string of the molecule is CCOC1CC(NC2CCN(CC(C)C)CC2)C1(C)C. The van der Waals surface area contributed by atoms with E-state index in [4.69, 9.17) is 4.74 Å². The lowest BCUT2D eigenvalue weighted by Crippen LogP contribution is -2.63. The molecule has 0 bridgehead atoms. The molecule has 3 heteroatoms. The van der Waals surface area contributed by atoms with Gasteiger partial charge in [-0.3, -0.25) is 0 Å². The smallest absolute Gasteiger partial charge is 0.0655 e. The van der Waals surface area contributed by atoms with E-state index in [0.29, 0.717) is 23.6 Å². The third kappa shape index (κ3) is 3.75. The Labute approximate surface area is 125 Å². The minimum atomic E-state index is 0.297. The second-order valence-electron chi connectivity index (χ2n) is 7.69. The van der Waals surface area contributed by atoms with E-state index in [1.54, 1.807) is 0 Å². The quantitative estimate of drug-likeness (QED) is 0.811. The largest absolute Gasteiger partial charge is 0.378 e. The van der Waals surface area contributed by atoms with Crippen molar-refractivity contribution in [2.24, 2.45) is 11.3 Å². The summed E-state index contributed by atoms with van der Waals surface area (Å²) in [5, 5.41) is 3.90. The Balaban J connectivity index is 1.71. The van der Waals surface area contributed by atoms with E-state index >= 15 is 0 Å². The number of hydrogen-bond donors (Lipinski definition) is 1. The number of piperidine rings is 1. The fraction of sp³-hybridized carbons (Fsp3) is 1.00.